The summed E-state index contributed by atoms with van der Waals surface area (Å²) in [7, 11) is 0. The lowest BCUT2D eigenvalue weighted by Gasteiger charge is -2.03. The van der Waals surface area contributed by atoms with Crippen molar-refractivity contribution in [3.63, 3.8) is 0 Å². The molecule has 3 rings (SSSR count). The van der Waals surface area contributed by atoms with Crippen molar-refractivity contribution >= 4 is 17.3 Å². The van der Waals surface area contributed by atoms with E-state index in [2.05, 4.69) is 20.7 Å². The van der Waals surface area contributed by atoms with Crippen LogP contribution in [0.3, 0.4) is 0 Å². The lowest BCUT2D eigenvalue weighted by molar-refractivity contribution is -0.384. The molecule has 0 radical (unpaired) electrons. The zero-order chi connectivity index (χ0) is 20.8. The fourth-order valence-electron chi connectivity index (χ4n) is 2.60. The number of hydrogen-bond donors (Lipinski definition) is 2. The number of nitro groups is 1. The largest absolute Gasteiger partial charge is 0.494 e. The minimum Gasteiger partial charge on any atom is -0.494 e. The van der Waals surface area contributed by atoms with Crippen LogP contribution < -0.4 is 10.2 Å². The summed E-state index contributed by atoms with van der Waals surface area (Å²) in [5, 5.41) is 21.7. The van der Waals surface area contributed by atoms with Crippen LogP contribution in [0.4, 0.5) is 5.69 Å². The van der Waals surface area contributed by atoms with E-state index in [1.165, 1.54) is 12.1 Å². The number of carbonyl (C=O) groups excluding carboxylic acids is 1. The lowest BCUT2D eigenvalue weighted by Crippen LogP contribution is -2.19. The smallest absolute Gasteiger partial charge is 0.289 e. The fraction of sp³-hybridized carbons (Fsp3) is 0.150. The molecule has 2 aromatic carbocycles. The highest BCUT2D eigenvalue weighted by molar-refractivity contribution is 6.01. The molecule has 9 heteroatoms. The number of hydrogen-bond acceptors (Lipinski definition) is 6. The number of H-pyrrole nitrogens is 1. The summed E-state index contributed by atoms with van der Waals surface area (Å²) in [4.78, 5) is 22.7. The Morgan fingerprint density at radius 3 is 2.79 bits per heavy atom. The van der Waals surface area contributed by atoms with E-state index in [0.717, 1.165) is 11.3 Å². The number of nitrogens with zero attached hydrogens (tertiary/aromatic N) is 3. The Hall–Kier alpha value is -4.01. The van der Waals surface area contributed by atoms with Crippen molar-refractivity contribution in [3.8, 4) is 17.0 Å². The van der Waals surface area contributed by atoms with Gasteiger partial charge in [-0.25, -0.2) is 5.43 Å². The van der Waals surface area contributed by atoms with Crippen LogP contribution in [0.5, 0.6) is 5.75 Å². The van der Waals surface area contributed by atoms with Crippen molar-refractivity contribution in [2.24, 2.45) is 5.10 Å². The number of nitrogens with one attached hydrogen (secondary N) is 2. The highest BCUT2D eigenvalue weighted by atomic mass is 16.6. The number of benzene rings is 2. The van der Waals surface area contributed by atoms with E-state index in [1.807, 2.05) is 31.2 Å². The van der Waals surface area contributed by atoms with Crippen LogP contribution in [0.1, 0.15) is 29.9 Å². The van der Waals surface area contributed by atoms with Gasteiger partial charge in [0.2, 0.25) is 0 Å². The Kier molecular flexibility index (Phi) is 5.98. The van der Waals surface area contributed by atoms with Gasteiger partial charge in [0.1, 0.15) is 11.4 Å². The molecular weight excluding hydrogens is 374 g/mol. The number of amides is 1. The van der Waals surface area contributed by atoms with Gasteiger partial charge in [0.25, 0.3) is 11.6 Å². The summed E-state index contributed by atoms with van der Waals surface area (Å²) < 4.78 is 5.48. The van der Waals surface area contributed by atoms with Gasteiger partial charge in [-0.05, 0) is 32.0 Å². The molecule has 3 aromatic rings. The molecule has 1 aromatic heterocycles. The number of aromatic nitrogens is 2. The Bertz CT molecular complexity index is 1070. The van der Waals surface area contributed by atoms with Crippen LogP contribution in [0.2, 0.25) is 0 Å². The number of aromatic amines is 1. The predicted molar refractivity (Wildman–Crippen MR) is 108 cm³/mol. The third kappa shape index (κ3) is 4.83. The van der Waals surface area contributed by atoms with E-state index in [-0.39, 0.29) is 11.4 Å². The highest BCUT2D eigenvalue weighted by Crippen LogP contribution is 2.23. The maximum absolute atomic E-state index is 12.3. The number of nitro benzene ring substituents is 1. The van der Waals surface area contributed by atoms with Crippen molar-refractivity contribution in [3.05, 3.63) is 76.0 Å². The highest BCUT2D eigenvalue weighted by Gasteiger charge is 2.12. The molecule has 0 saturated carbocycles. The van der Waals surface area contributed by atoms with E-state index in [1.54, 1.807) is 25.1 Å². The summed E-state index contributed by atoms with van der Waals surface area (Å²) in [6.07, 6.45) is 0. The first-order chi connectivity index (χ1) is 14.0. The predicted octanol–water partition coefficient (Wildman–Crippen LogP) is 3.54. The first-order valence-electron chi connectivity index (χ1n) is 8.86. The zero-order valence-corrected chi connectivity index (χ0v) is 15.9. The van der Waals surface area contributed by atoms with E-state index in [0.29, 0.717) is 23.6 Å². The van der Waals surface area contributed by atoms with Gasteiger partial charge in [-0.15, -0.1) is 0 Å². The molecule has 9 nitrogen and oxygen atoms in total. The lowest BCUT2D eigenvalue weighted by atomic mass is 10.1. The average Bonchev–Trinajstić information content (AvgIpc) is 3.23. The minimum absolute atomic E-state index is 0.0455. The van der Waals surface area contributed by atoms with Crippen molar-refractivity contribution in [2.75, 3.05) is 6.61 Å². The van der Waals surface area contributed by atoms with Crippen LogP contribution in [0.25, 0.3) is 11.3 Å². The quantitative estimate of drug-likeness (QED) is 0.361. The van der Waals surface area contributed by atoms with Gasteiger partial charge >= 0.3 is 0 Å². The Balaban J connectivity index is 1.72. The standard InChI is InChI=1S/C20H19N5O4/c1-3-29-17-9-5-7-15(11-17)18-12-19(23-22-18)20(26)24-21-13(2)14-6-4-8-16(10-14)25(27)28/h4-12H,3H2,1-2H3,(H,22,23)(H,24,26)/b21-13-. The number of non-ortho nitro benzene ring substituents is 1. The van der Waals surface area contributed by atoms with Gasteiger partial charge in [0.05, 0.1) is 22.9 Å². The SMILES string of the molecule is CCOc1cccc(-c2cc(C(=O)N/N=C(/C)c3cccc([N+](=O)[O-])c3)[nH]n2)c1. The number of ether oxygens (including phenoxy) is 1. The minimum atomic E-state index is -0.484. The van der Waals surface area contributed by atoms with Gasteiger partial charge in [0, 0.05) is 23.3 Å². The molecule has 0 spiro atoms. The Morgan fingerprint density at radius 1 is 1.24 bits per heavy atom. The fourth-order valence-corrected chi connectivity index (χ4v) is 2.60. The molecule has 1 heterocycles. The van der Waals surface area contributed by atoms with Crippen LogP contribution in [-0.2, 0) is 0 Å². The van der Waals surface area contributed by atoms with Crippen LogP contribution in [-0.4, -0.2) is 33.3 Å². The number of rotatable bonds is 7. The molecule has 29 heavy (non-hydrogen) atoms. The van der Waals surface area contributed by atoms with Crippen molar-refractivity contribution < 1.29 is 14.5 Å². The molecular formula is C20H19N5O4. The van der Waals surface area contributed by atoms with Crippen molar-refractivity contribution in [1.29, 1.82) is 0 Å². The molecule has 0 fully saturated rings. The van der Waals surface area contributed by atoms with E-state index in [4.69, 9.17) is 4.74 Å². The molecule has 0 aliphatic rings. The number of hydrazone groups is 1. The molecule has 0 saturated heterocycles. The molecule has 2 N–H and O–H groups in total. The summed E-state index contributed by atoms with van der Waals surface area (Å²) in [5.41, 5.74) is 4.99. The topological polar surface area (TPSA) is 123 Å². The van der Waals surface area contributed by atoms with Gasteiger partial charge < -0.3 is 4.74 Å². The third-order valence-corrected chi connectivity index (χ3v) is 4.06. The van der Waals surface area contributed by atoms with E-state index < -0.39 is 10.8 Å². The van der Waals surface area contributed by atoms with E-state index >= 15 is 0 Å². The van der Waals surface area contributed by atoms with Crippen LogP contribution in [0.15, 0.2) is 59.7 Å². The molecule has 148 valence electrons. The molecule has 0 unspecified atom stereocenters. The second-order valence-corrected chi connectivity index (χ2v) is 6.07. The summed E-state index contributed by atoms with van der Waals surface area (Å²) in [6, 6.07) is 15.0. The van der Waals surface area contributed by atoms with Crippen molar-refractivity contribution in [1.82, 2.24) is 15.6 Å². The number of carbonyl (C=O) groups is 1. The van der Waals surface area contributed by atoms with Crippen LogP contribution in [0, 0.1) is 10.1 Å². The second-order valence-electron chi connectivity index (χ2n) is 6.07. The normalized spacial score (nSPS) is 11.2. The Labute approximate surface area is 166 Å². The van der Waals surface area contributed by atoms with Crippen molar-refractivity contribution in [2.45, 2.75) is 13.8 Å². The summed E-state index contributed by atoms with van der Waals surface area (Å²) in [5.74, 6) is 0.241. The maximum atomic E-state index is 12.3. The second kappa shape index (κ2) is 8.79. The summed E-state index contributed by atoms with van der Waals surface area (Å²) in [6.45, 7) is 4.11. The monoisotopic (exact) mass is 393 g/mol. The van der Waals surface area contributed by atoms with Gasteiger partial charge in [-0.3, -0.25) is 20.0 Å². The first kappa shape index (κ1) is 19.7. The molecule has 0 aliphatic carbocycles. The van der Waals surface area contributed by atoms with Gasteiger partial charge in [-0.1, -0.05) is 24.3 Å². The van der Waals surface area contributed by atoms with Crippen LogP contribution >= 0.6 is 0 Å². The maximum Gasteiger partial charge on any atom is 0.289 e. The Morgan fingerprint density at radius 2 is 2.03 bits per heavy atom. The van der Waals surface area contributed by atoms with E-state index in [9.17, 15) is 14.9 Å². The molecule has 0 aliphatic heterocycles. The molecule has 0 atom stereocenters. The van der Waals surface area contributed by atoms with Gasteiger partial charge in [0.15, 0.2) is 0 Å². The zero-order valence-electron chi connectivity index (χ0n) is 15.9. The van der Waals surface area contributed by atoms with Gasteiger partial charge in [-0.2, -0.15) is 10.2 Å². The molecule has 1 amide bonds. The summed E-state index contributed by atoms with van der Waals surface area (Å²) >= 11 is 0. The first-order valence-corrected chi connectivity index (χ1v) is 8.86. The third-order valence-electron chi connectivity index (χ3n) is 4.06. The molecule has 0 bridgehead atoms. The average molecular weight is 393 g/mol.